The number of nitrogens with zero attached hydrogens (tertiary/aromatic N) is 4. The van der Waals surface area contributed by atoms with E-state index in [1.54, 1.807) is 31.2 Å². The van der Waals surface area contributed by atoms with Crippen molar-refractivity contribution < 1.29 is 8.42 Å². The molecule has 2 aromatic carbocycles. The van der Waals surface area contributed by atoms with Gasteiger partial charge < -0.3 is 4.90 Å². The van der Waals surface area contributed by atoms with E-state index in [4.69, 9.17) is 11.6 Å². The number of para-hydroxylation sites is 1. The summed E-state index contributed by atoms with van der Waals surface area (Å²) in [5.74, 6) is 0.640. The molecule has 162 valence electrons. The van der Waals surface area contributed by atoms with E-state index >= 15 is 0 Å². The number of hydrogen-bond donors (Lipinski definition) is 0. The van der Waals surface area contributed by atoms with E-state index in [1.165, 1.54) is 15.1 Å². The Morgan fingerprint density at radius 2 is 1.68 bits per heavy atom. The van der Waals surface area contributed by atoms with Gasteiger partial charge in [-0.3, -0.25) is 4.79 Å². The first-order chi connectivity index (χ1) is 14.9. The predicted molar refractivity (Wildman–Crippen MR) is 122 cm³/mol. The molecule has 1 aromatic heterocycles. The average molecular weight is 459 g/mol. The highest BCUT2D eigenvalue weighted by Crippen LogP contribution is 2.26. The van der Waals surface area contributed by atoms with Crippen LogP contribution in [0.1, 0.15) is 12.0 Å². The molecule has 31 heavy (non-hydrogen) atoms. The molecule has 0 saturated carbocycles. The summed E-state index contributed by atoms with van der Waals surface area (Å²) in [5, 5.41) is 4.96. The molecule has 7 nitrogen and oxygen atoms in total. The fourth-order valence-corrected chi connectivity index (χ4v) is 5.64. The van der Waals surface area contributed by atoms with Crippen molar-refractivity contribution in [1.82, 2.24) is 14.1 Å². The Kier molecular flexibility index (Phi) is 6.13. The normalized spacial score (nSPS) is 15.6. The van der Waals surface area contributed by atoms with Gasteiger partial charge in [0.15, 0.2) is 0 Å². The third kappa shape index (κ3) is 4.37. The highest BCUT2D eigenvalue weighted by molar-refractivity contribution is 7.89. The van der Waals surface area contributed by atoms with Crippen LogP contribution in [0.25, 0.3) is 5.69 Å². The monoisotopic (exact) mass is 458 g/mol. The van der Waals surface area contributed by atoms with E-state index in [0.29, 0.717) is 54.7 Å². The zero-order valence-electron chi connectivity index (χ0n) is 17.1. The van der Waals surface area contributed by atoms with Gasteiger partial charge in [0.1, 0.15) is 5.82 Å². The lowest BCUT2D eigenvalue weighted by Crippen LogP contribution is -2.36. The van der Waals surface area contributed by atoms with E-state index in [2.05, 4.69) is 5.10 Å². The zero-order chi connectivity index (χ0) is 22.0. The first-order valence-corrected chi connectivity index (χ1v) is 11.9. The summed E-state index contributed by atoms with van der Waals surface area (Å²) >= 11 is 6.15. The third-order valence-electron chi connectivity index (χ3n) is 5.40. The van der Waals surface area contributed by atoms with Gasteiger partial charge in [0.2, 0.25) is 10.0 Å². The van der Waals surface area contributed by atoms with E-state index in [0.717, 1.165) is 0 Å². The standard InChI is InChI=1S/C22H23ClN4O3S/c1-17-19(23)9-5-10-20(17)31(29,30)26-14-6-13-25(15-16-26)21-11-12-22(28)27(24-21)18-7-3-2-4-8-18/h2-5,7-12H,6,13-16H2,1H3. The minimum absolute atomic E-state index is 0.217. The van der Waals surface area contributed by atoms with Gasteiger partial charge in [-0.15, -0.1) is 5.10 Å². The van der Waals surface area contributed by atoms with Crippen LogP contribution in [0.5, 0.6) is 0 Å². The zero-order valence-corrected chi connectivity index (χ0v) is 18.7. The quantitative estimate of drug-likeness (QED) is 0.600. The highest BCUT2D eigenvalue weighted by Gasteiger charge is 2.29. The lowest BCUT2D eigenvalue weighted by molar-refractivity contribution is 0.432. The van der Waals surface area contributed by atoms with Crippen LogP contribution in [-0.4, -0.2) is 48.7 Å². The van der Waals surface area contributed by atoms with Crippen LogP contribution in [0.3, 0.4) is 0 Å². The third-order valence-corrected chi connectivity index (χ3v) is 7.85. The maximum absolute atomic E-state index is 13.2. The van der Waals surface area contributed by atoms with Crippen LogP contribution in [0.2, 0.25) is 5.02 Å². The second-order valence-electron chi connectivity index (χ2n) is 7.38. The van der Waals surface area contributed by atoms with Crippen molar-refractivity contribution in [2.24, 2.45) is 0 Å². The molecule has 9 heteroatoms. The summed E-state index contributed by atoms with van der Waals surface area (Å²) in [6.45, 7) is 3.55. The van der Waals surface area contributed by atoms with Gasteiger partial charge in [0.25, 0.3) is 5.56 Å². The molecule has 0 atom stereocenters. The Balaban J connectivity index is 1.58. The molecular weight excluding hydrogens is 436 g/mol. The van der Waals surface area contributed by atoms with Gasteiger partial charge in [-0.1, -0.05) is 35.9 Å². The summed E-state index contributed by atoms with van der Waals surface area (Å²) in [7, 11) is -3.66. The number of benzene rings is 2. The van der Waals surface area contributed by atoms with Crippen molar-refractivity contribution in [3.63, 3.8) is 0 Å². The van der Waals surface area contributed by atoms with Crippen molar-refractivity contribution in [1.29, 1.82) is 0 Å². The molecule has 0 radical (unpaired) electrons. The lowest BCUT2D eigenvalue weighted by Gasteiger charge is -2.23. The second kappa shape index (κ2) is 8.82. The van der Waals surface area contributed by atoms with Crippen molar-refractivity contribution in [2.45, 2.75) is 18.2 Å². The van der Waals surface area contributed by atoms with Crippen molar-refractivity contribution in [3.8, 4) is 5.69 Å². The first-order valence-electron chi connectivity index (χ1n) is 10.0. The summed E-state index contributed by atoms with van der Waals surface area (Å²) in [5.41, 5.74) is 1.03. The fourth-order valence-electron chi connectivity index (χ4n) is 3.69. The number of halogens is 1. The molecule has 0 amide bonds. The smallest absolute Gasteiger partial charge is 0.271 e. The van der Waals surface area contributed by atoms with Crippen LogP contribution in [-0.2, 0) is 10.0 Å². The molecule has 0 aliphatic carbocycles. The molecular formula is C22H23ClN4O3S. The minimum atomic E-state index is -3.66. The topological polar surface area (TPSA) is 75.5 Å². The van der Waals surface area contributed by atoms with Gasteiger partial charge in [0.05, 0.1) is 10.6 Å². The molecule has 1 fully saturated rings. The fraction of sp³-hybridized carbons (Fsp3) is 0.273. The Hall–Kier alpha value is -2.68. The molecule has 1 saturated heterocycles. The Morgan fingerprint density at radius 3 is 2.45 bits per heavy atom. The van der Waals surface area contributed by atoms with Crippen LogP contribution < -0.4 is 10.5 Å². The SMILES string of the molecule is Cc1c(Cl)cccc1S(=O)(=O)N1CCCN(c2ccc(=O)n(-c3ccccc3)n2)CC1. The van der Waals surface area contributed by atoms with Gasteiger partial charge in [-0.2, -0.15) is 8.99 Å². The van der Waals surface area contributed by atoms with E-state index < -0.39 is 10.0 Å². The largest absolute Gasteiger partial charge is 0.354 e. The average Bonchev–Trinajstić information content (AvgIpc) is 3.03. The second-order valence-corrected chi connectivity index (χ2v) is 9.70. The molecule has 0 bridgehead atoms. The Morgan fingerprint density at radius 1 is 0.903 bits per heavy atom. The van der Waals surface area contributed by atoms with Crippen LogP contribution >= 0.6 is 11.6 Å². The number of hydrogen-bond acceptors (Lipinski definition) is 5. The van der Waals surface area contributed by atoms with Crippen molar-refractivity contribution >= 4 is 27.4 Å². The summed E-state index contributed by atoms with van der Waals surface area (Å²) in [6, 6.07) is 17.3. The predicted octanol–water partition coefficient (Wildman–Crippen LogP) is 3.10. The van der Waals surface area contributed by atoms with Gasteiger partial charge in [-0.25, -0.2) is 8.42 Å². The molecule has 0 N–H and O–H groups in total. The maximum atomic E-state index is 13.2. The van der Waals surface area contributed by atoms with Crippen LogP contribution in [0.15, 0.2) is 70.4 Å². The van der Waals surface area contributed by atoms with Gasteiger partial charge >= 0.3 is 0 Å². The molecule has 2 heterocycles. The number of anilines is 1. The van der Waals surface area contributed by atoms with Crippen molar-refractivity contribution in [3.05, 3.63) is 81.6 Å². The number of aromatic nitrogens is 2. The molecule has 3 aromatic rings. The molecule has 4 rings (SSSR count). The lowest BCUT2D eigenvalue weighted by atomic mass is 10.2. The Labute approximate surface area is 186 Å². The first kappa shape index (κ1) is 21.5. The number of sulfonamides is 1. The maximum Gasteiger partial charge on any atom is 0.271 e. The van der Waals surface area contributed by atoms with E-state index in [1.807, 2.05) is 35.2 Å². The van der Waals surface area contributed by atoms with E-state index in [9.17, 15) is 13.2 Å². The summed E-state index contributed by atoms with van der Waals surface area (Å²) in [6.07, 6.45) is 0.644. The van der Waals surface area contributed by atoms with E-state index in [-0.39, 0.29) is 10.5 Å². The molecule has 1 aliphatic rings. The number of rotatable bonds is 4. The van der Waals surface area contributed by atoms with Crippen LogP contribution in [0.4, 0.5) is 5.82 Å². The van der Waals surface area contributed by atoms with Gasteiger partial charge in [0, 0.05) is 37.3 Å². The molecule has 0 spiro atoms. The summed E-state index contributed by atoms with van der Waals surface area (Å²) in [4.78, 5) is 14.6. The molecule has 1 aliphatic heterocycles. The Bertz CT molecular complexity index is 1250. The van der Waals surface area contributed by atoms with Crippen molar-refractivity contribution in [2.75, 3.05) is 31.1 Å². The summed E-state index contributed by atoms with van der Waals surface area (Å²) < 4.78 is 29.3. The van der Waals surface area contributed by atoms with Gasteiger partial charge in [-0.05, 0) is 49.2 Å². The molecule has 0 unspecified atom stereocenters. The minimum Gasteiger partial charge on any atom is -0.354 e. The van der Waals surface area contributed by atoms with Crippen LogP contribution in [0, 0.1) is 6.92 Å². The highest BCUT2D eigenvalue weighted by atomic mass is 35.5.